The lowest BCUT2D eigenvalue weighted by Gasteiger charge is -2.05. The highest BCUT2D eigenvalue weighted by molar-refractivity contribution is 7.12. The molecule has 1 amide bonds. The van der Waals surface area contributed by atoms with Crippen LogP contribution in [0.5, 0.6) is 0 Å². The minimum atomic E-state index is -0.187. The third kappa shape index (κ3) is 2.98. The van der Waals surface area contributed by atoms with Gasteiger partial charge in [-0.3, -0.25) is 4.79 Å². The molecule has 0 saturated heterocycles. The molecule has 3 rings (SSSR count). The molecule has 1 aromatic carbocycles. The van der Waals surface area contributed by atoms with E-state index < -0.39 is 0 Å². The van der Waals surface area contributed by atoms with E-state index in [4.69, 9.17) is 0 Å². The normalized spacial score (nSPS) is 10.3. The van der Waals surface area contributed by atoms with Crippen LogP contribution in [0.4, 0.5) is 5.82 Å². The van der Waals surface area contributed by atoms with E-state index in [1.165, 1.54) is 11.3 Å². The van der Waals surface area contributed by atoms with Crippen LogP contribution >= 0.6 is 11.3 Å². The molecule has 0 radical (unpaired) electrons. The van der Waals surface area contributed by atoms with E-state index in [2.05, 4.69) is 15.3 Å². The van der Waals surface area contributed by atoms with E-state index in [1.807, 2.05) is 43.3 Å². The van der Waals surface area contributed by atoms with E-state index in [-0.39, 0.29) is 5.91 Å². The standard InChI is InChI=1S/C16H13N3OS/c1-11-7-8-13(17-9-11)19-16(20)15-14(18-10-21-15)12-5-3-2-4-6-12/h2-10H,1H3,(H,17,19,20). The molecule has 0 aliphatic rings. The molecule has 5 heteroatoms. The largest absolute Gasteiger partial charge is 0.306 e. The van der Waals surface area contributed by atoms with Gasteiger partial charge in [-0.05, 0) is 18.6 Å². The van der Waals surface area contributed by atoms with Crippen LogP contribution in [0, 0.1) is 6.92 Å². The highest BCUT2D eigenvalue weighted by atomic mass is 32.1. The van der Waals surface area contributed by atoms with Crippen molar-refractivity contribution in [1.82, 2.24) is 9.97 Å². The summed E-state index contributed by atoms with van der Waals surface area (Å²) in [4.78, 5) is 21.4. The summed E-state index contributed by atoms with van der Waals surface area (Å²) in [5.41, 5.74) is 4.36. The Balaban J connectivity index is 1.86. The third-order valence-corrected chi connectivity index (χ3v) is 3.80. The minimum Gasteiger partial charge on any atom is -0.306 e. The lowest BCUT2D eigenvalue weighted by atomic mass is 10.1. The fourth-order valence-corrected chi connectivity index (χ4v) is 2.63. The average molecular weight is 295 g/mol. The number of amides is 1. The van der Waals surface area contributed by atoms with Crippen molar-refractivity contribution in [2.24, 2.45) is 0 Å². The number of hydrogen-bond donors (Lipinski definition) is 1. The van der Waals surface area contributed by atoms with Crippen molar-refractivity contribution in [2.75, 3.05) is 5.32 Å². The number of aryl methyl sites for hydroxylation is 1. The van der Waals surface area contributed by atoms with Crippen LogP contribution in [0.3, 0.4) is 0 Å². The quantitative estimate of drug-likeness (QED) is 0.800. The van der Waals surface area contributed by atoms with Crippen LogP contribution in [0.25, 0.3) is 11.3 Å². The summed E-state index contributed by atoms with van der Waals surface area (Å²) >= 11 is 1.32. The lowest BCUT2D eigenvalue weighted by Crippen LogP contribution is -2.12. The Morgan fingerprint density at radius 2 is 1.90 bits per heavy atom. The highest BCUT2D eigenvalue weighted by Crippen LogP contribution is 2.25. The fraction of sp³-hybridized carbons (Fsp3) is 0.0625. The zero-order valence-electron chi connectivity index (χ0n) is 11.4. The first kappa shape index (κ1) is 13.5. The molecular weight excluding hydrogens is 282 g/mol. The van der Waals surface area contributed by atoms with Gasteiger partial charge in [-0.25, -0.2) is 9.97 Å². The molecule has 2 heterocycles. The molecule has 0 atom stereocenters. The molecule has 2 aromatic heterocycles. The van der Waals surface area contributed by atoms with Crippen molar-refractivity contribution >= 4 is 23.1 Å². The van der Waals surface area contributed by atoms with Gasteiger partial charge >= 0.3 is 0 Å². The Morgan fingerprint density at radius 1 is 1.10 bits per heavy atom. The molecule has 0 bridgehead atoms. The number of carbonyl (C=O) groups excluding carboxylic acids is 1. The molecule has 3 aromatic rings. The molecule has 0 aliphatic carbocycles. The summed E-state index contributed by atoms with van der Waals surface area (Å²) in [6, 6.07) is 13.4. The predicted molar refractivity (Wildman–Crippen MR) is 84.5 cm³/mol. The first-order valence-corrected chi connectivity index (χ1v) is 7.35. The first-order chi connectivity index (χ1) is 10.2. The third-order valence-electron chi connectivity index (χ3n) is 2.97. The first-order valence-electron chi connectivity index (χ1n) is 6.47. The maximum Gasteiger partial charge on any atom is 0.269 e. The number of rotatable bonds is 3. The second kappa shape index (κ2) is 5.85. The minimum absolute atomic E-state index is 0.187. The smallest absolute Gasteiger partial charge is 0.269 e. The Kier molecular flexibility index (Phi) is 3.75. The van der Waals surface area contributed by atoms with Crippen molar-refractivity contribution in [3.05, 3.63) is 64.6 Å². The van der Waals surface area contributed by atoms with E-state index in [0.29, 0.717) is 16.4 Å². The molecule has 0 saturated carbocycles. The van der Waals surface area contributed by atoms with E-state index >= 15 is 0 Å². The molecule has 0 spiro atoms. The van der Waals surface area contributed by atoms with Crippen LogP contribution in [0.2, 0.25) is 0 Å². The number of benzene rings is 1. The van der Waals surface area contributed by atoms with Gasteiger partial charge in [0, 0.05) is 11.8 Å². The van der Waals surface area contributed by atoms with Gasteiger partial charge in [-0.15, -0.1) is 11.3 Å². The Hall–Kier alpha value is -2.53. The molecule has 0 aliphatic heterocycles. The molecular formula is C16H13N3OS. The van der Waals surface area contributed by atoms with Crippen molar-refractivity contribution in [3.8, 4) is 11.3 Å². The number of nitrogens with zero attached hydrogens (tertiary/aromatic N) is 2. The number of thiazole rings is 1. The summed E-state index contributed by atoms with van der Waals surface area (Å²) in [5, 5.41) is 2.80. The topological polar surface area (TPSA) is 54.9 Å². The van der Waals surface area contributed by atoms with E-state index in [1.54, 1.807) is 17.8 Å². The fourth-order valence-electron chi connectivity index (χ4n) is 1.92. The Morgan fingerprint density at radius 3 is 2.62 bits per heavy atom. The van der Waals surface area contributed by atoms with Crippen molar-refractivity contribution < 1.29 is 4.79 Å². The molecule has 104 valence electrons. The zero-order valence-corrected chi connectivity index (χ0v) is 12.2. The molecule has 21 heavy (non-hydrogen) atoms. The summed E-state index contributed by atoms with van der Waals surface area (Å²) < 4.78 is 0. The Labute approximate surface area is 126 Å². The van der Waals surface area contributed by atoms with Crippen LogP contribution in [-0.4, -0.2) is 15.9 Å². The van der Waals surface area contributed by atoms with Crippen molar-refractivity contribution in [3.63, 3.8) is 0 Å². The second-order valence-corrected chi connectivity index (χ2v) is 5.43. The summed E-state index contributed by atoms with van der Waals surface area (Å²) in [6.07, 6.45) is 1.72. The van der Waals surface area contributed by atoms with Gasteiger partial charge in [-0.1, -0.05) is 36.4 Å². The molecule has 0 fully saturated rings. The van der Waals surface area contributed by atoms with Crippen LogP contribution in [0.1, 0.15) is 15.2 Å². The SMILES string of the molecule is Cc1ccc(NC(=O)c2scnc2-c2ccccc2)nc1. The monoisotopic (exact) mass is 295 g/mol. The van der Waals surface area contributed by atoms with Crippen molar-refractivity contribution in [2.45, 2.75) is 6.92 Å². The molecule has 1 N–H and O–H groups in total. The number of nitrogens with one attached hydrogen (secondary N) is 1. The highest BCUT2D eigenvalue weighted by Gasteiger charge is 2.16. The van der Waals surface area contributed by atoms with E-state index in [9.17, 15) is 4.79 Å². The maximum atomic E-state index is 12.4. The number of carbonyl (C=O) groups is 1. The van der Waals surface area contributed by atoms with E-state index in [0.717, 1.165) is 11.1 Å². The Bertz CT molecular complexity index is 751. The van der Waals surface area contributed by atoms with Crippen LogP contribution < -0.4 is 5.32 Å². The van der Waals surface area contributed by atoms with Gasteiger partial charge in [0.1, 0.15) is 10.7 Å². The van der Waals surface area contributed by atoms with Gasteiger partial charge in [-0.2, -0.15) is 0 Å². The van der Waals surface area contributed by atoms with Crippen molar-refractivity contribution in [1.29, 1.82) is 0 Å². The van der Waals surface area contributed by atoms with Gasteiger partial charge in [0.25, 0.3) is 5.91 Å². The van der Waals surface area contributed by atoms with Gasteiger partial charge < -0.3 is 5.32 Å². The van der Waals surface area contributed by atoms with Gasteiger partial charge in [0.05, 0.1) is 11.2 Å². The lowest BCUT2D eigenvalue weighted by molar-refractivity contribution is 0.103. The summed E-state index contributed by atoms with van der Waals surface area (Å²) in [6.45, 7) is 1.95. The van der Waals surface area contributed by atoms with Gasteiger partial charge in [0.15, 0.2) is 0 Å². The average Bonchev–Trinajstić information content (AvgIpc) is 3.00. The maximum absolute atomic E-state index is 12.4. The number of pyridine rings is 1. The zero-order chi connectivity index (χ0) is 14.7. The number of anilines is 1. The summed E-state index contributed by atoms with van der Waals surface area (Å²) in [5.74, 6) is 0.353. The second-order valence-electron chi connectivity index (χ2n) is 4.57. The number of hydrogen-bond acceptors (Lipinski definition) is 4. The van der Waals surface area contributed by atoms with Crippen LogP contribution in [0.15, 0.2) is 54.2 Å². The molecule has 4 nitrogen and oxygen atoms in total. The predicted octanol–water partition coefficient (Wildman–Crippen LogP) is 3.77. The van der Waals surface area contributed by atoms with Gasteiger partial charge in [0.2, 0.25) is 0 Å². The van der Waals surface area contributed by atoms with Crippen LogP contribution in [-0.2, 0) is 0 Å². The molecule has 0 unspecified atom stereocenters. The number of aromatic nitrogens is 2. The summed E-state index contributed by atoms with van der Waals surface area (Å²) in [7, 11) is 0.